The maximum Gasteiger partial charge on any atom is 0.159 e. The second kappa shape index (κ2) is 9.79. The molecule has 206 valence electrons. The number of hydrogen-bond acceptors (Lipinski definition) is 2. The van der Waals surface area contributed by atoms with E-state index in [1.165, 1.54) is 43.6 Å². The largest absolute Gasteiger partial charge is 0.309 e. The minimum Gasteiger partial charge on any atom is -0.309 e. The Labute approximate surface area is 254 Å². The first kappa shape index (κ1) is 24.6. The minimum atomic E-state index is 0.717. The Morgan fingerprint density at radius 3 is 1.32 bits per heavy atom. The summed E-state index contributed by atoms with van der Waals surface area (Å²) in [6.07, 6.45) is 3.88. The number of aromatic nitrogens is 4. The normalized spacial score (nSPS) is 11.6. The predicted octanol–water partition coefficient (Wildman–Crippen LogP) is 10.0. The van der Waals surface area contributed by atoms with Crippen molar-refractivity contribution < 1.29 is 0 Å². The van der Waals surface area contributed by atoms with Gasteiger partial charge in [-0.2, -0.15) is 0 Å². The highest BCUT2D eigenvalue weighted by Gasteiger charge is 2.15. The smallest absolute Gasteiger partial charge is 0.159 e. The summed E-state index contributed by atoms with van der Waals surface area (Å²) in [5, 5.41) is 4.85. The van der Waals surface area contributed by atoms with Gasteiger partial charge in [0.1, 0.15) is 0 Å². The van der Waals surface area contributed by atoms with E-state index < -0.39 is 0 Å². The highest BCUT2D eigenvalue weighted by Crippen LogP contribution is 2.36. The molecule has 0 spiro atoms. The molecule has 0 N–H and O–H groups in total. The van der Waals surface area contributed by atoms with Crippen molar-refractivity contribution >= 4 is 43.6 Å². The average molecular weight is 563 g/mol. The maximum atomic E-state index is 4.85. The molecule has 0 fully saturated rings. The van der Waals surface area contributed by atoms with Crippen molar-refractivity contribution in [2.75, 3.05) is 0 Å². The second-order valence-electron chi connectivity index (χ2n) is 11.1. The van der Waals surface area contributed by atoms with Crippen LogP contribution in [0.25, 0.3) is 77.5 Å². The molecule has 0 aliphatic carbocycles. The Morgan fingerprint density at radius 1 is 0.341 bits per heavy atom. The van der Waals surface area contributed by atoms with Crippen LogP contribution >= 0.6 is 0 Å². The van der Waals surface area contributed by atoms with E-state index >= 15 is 0 Å². The minimum absolute atomic E-state index is 0.717. The fraction of sp³-hybridized carbons (Fsp3) is 0. The molecular weight excluding hydrogens is 536 g/mol. The van der Waals surface area contributed by atoms with Crippen LogP contribution in [0.4, 0.5) is 0 Å². The van der Waals surface area contributed by atoms with E-state index in [-0.39, 0.29) is 0 Å². The molecule has 9 aromatic rings. The molecule has 4 nitrogen and oxygen atoms in total. The number of rotatable bonds is 4. The van der Waals surface area contributed by atoms with E-state index in [0.717, 1.165) is 28.1 Å². The van der Waals surface area contributed by atoms with Crippen LogP contribution in [0.15, 0.2) is 158 Å². The lowest BCUT2D eigenvalue weighted by atomic mass is 10.0. The summed E-state index contributed by atoms with van der Waals surface area (Å²) in [5.74, 6) is 0.717. The number of para-hydroxylation sites is 4. The summed E-state index contributed by atoms with van der Waals surface area (Å²) in [5.41, 5.74) is 10.1. The van der Waals surface area contributed by atoms with Gasteiger partial charge in [0.15, 0.2) is 5.82 Å². The summed E-state index contributed by atoms with van der Waals surface area (Å²) in [7, 11) is 0. The molecule has 0 atom stereocenters. The summed E-state index contributed by atoms with van der Waals surface area (Å²) in [6, 6.07) is 51.4. The average Bonchev–Trinajstić information content (AvgIpc) is 3.61. The van der Waals surface area contributed by atoms with E-state index in [4.69, 9.17) is 9.97 Å². The lowest BCUT2D eigenvalue weighted by molar-refractivity contribution is 1.17. The van der Waals surface area contributed by atoms with Crippen LogP contribution in [0.5, 0.6) is 0 Å². The molecule has 44 heavy (non-hydrogen) atoms. The Morgan fingerprint density at radius 2 is 0.773 bits per heavy atom. The van der Waals surface area contributed by atoms with Gasteiger partial charge in [-0.05, 0) is 72.3 Å². The van der Waals surface area contributed by atoms with Crippen LogP contribution in [0.1, 0.15) is 0 Å². The molecule has 9 rings (SSSR count). The van der Waals surface area contributed by atoms with E-state index in [1.54, 1.807) is 0 Å². The summed E-state index contributed by atoms with van der Waals surface area (Å²) < 4.78 is 4.66. The molecular formula is C40H26N4. The lowest BCUT2D eigenvalue weighted by Crippen LogP contribution is -1.94. The van der Waals surface area contributed by atoms with Gasteiger partial charge < -0.3 is 9.13 Å². The van der Waals surface area contributed by atoms with Gasteiger partial charge >= 0.3 is 0 Å². The van der Waals surface area contributed by atoms with Crippen molar-refractivity contribution in [3.63, 3.8) is 0 Å². The highest BCUT2D eigenvalue weighted by molar-refractivity contribution is 6.11. The molecule has 0 aliphatic rings. The molecule has 0 unspecified atom stereocenters. The standard InChI is InChI=1S/C40H26N4/c1-3-11-30(12-4-1)43-36-17-9-7-15-32(36)34-23-27(19-21-38(34)43)29-25-41-40(42-26-29)28-20-22-39-35(24-28)33-16-8-10-18-37(33)44(39)31-13-5-2-6-14-31/h1-26H. The van der Waals surface area contributed by atoms with Gasteiger partial charge in [-0.3, -0.25) is 0 Å². The predicted molar refractivity (Wildman–Crippen MR) is 182 cm³/mol. The molecule has 3 heterocycles. The van der Waals surface area contributed by atoms with Gasteiger partial charge in [-0.25, -0.2) is 9.97 Å². The number of nitrogens with zero attached hydrogens (tertiary/aromatic N) is 4. The Bertz CT molecular complexity index is 2290. The fourth-order valence-electron chi connectivity index (χ4n) is 6.60. The number of benzene rings is 6. The first-order valence-corrected chi connectivity index (χ1v) is 14.8. The molecule has 0 amide bonds. The molecule has 0 saturated carbocycles. The maximum absolute atomic E-state index is 4.85. The zero-order valence-corrected chi connectivity index (χ0v) is 23.8. The summed E-state index contributed by atoms with van der Waals surface area (Å²) in [4.78, 5) is 9.70. The van der Waals surface area contributed by atoms with Crippen LogP contribution in [0, 0.1) is 0 Å². The summed E-state index contributed by atoms with van der Waals surface area (Å²) in [6.45, 7) is 0. The molecule has 3 aromatic heterocycles. The van der Waals surface area contributed by atoms with Crippen molar-refractivity contribution in [2.24, 2.45) is 0 Å². The van der Waals surface area contributed by atoms with Crippen LogP contribution < -0.4 is 0 Å². The first-order valence-electron chi connectivity index (χ1n) is 14.8. The zero-order valence-electron chi connectivity index (χ0n) is 23.8. The number of hydrogen-bond donors (Lipinski definition) is 0. The van der Waals surface area contributed by atoms with E-state index in [0.29, 0.717) is 5.82 Å². The van der Waals surface area contributed by atoms with Crippen LogP contribution in [-0.2, 0) is 0 Å². The van der Waals surface area contributed by atoms with Crippen molar-refractivity contribution in [3.05, 3.63) is 158 Å². The molecule has 0 radical (unpaired) electrons. The van der Waals surface area contributed by atoms with E-state index in [9.17, 15) is 0 Å². The molecule has 4 heteroatoms. The third kappa shape index (κ3) is 3.78. The van der Waals surface area contributed by atoms with Gasteiger partial charge in [0, 0.05) is 56.4 Å². The summed E-state index contributed by atoms with van der Waals surface area (Å²) >= 11 is 0. The van der Waals surface area contributed by atoms with Crippen LogP contribution in [0.2, 0.25) is 0 Å². The third-order valence-corrected chi connectivity index (χ3v) is 8.62. The van der Waals surface area contributed by atoms with Crippen molar-refractivity contribution in [1.82, 2.24) is 19.1 Å². The molecule has 0 aliphatic heterocycles. The van der Waals surface area contributed by atoms with E-state index in [2.05, 4.69) is 155 Å². The van der Waals surface area contributed by atoms with Gasteiger partial charge in [-0.1, -0.05) is 78.9 Å². The van der Waals surface area contributed by atoms with Gasteiger partial charge in [0.05, 0.1) is 22.1 Å². The first-order chi connectivity index (χ1) is 21.8. The Hall–Kier alpha value is -6.00. The number of fused-ring (bicyclic) bond motifs is 6. The van der Waals surface area contributed by atoms with Crippen molar-refractivity contribution in [1.29, 1.82) is 0 Å². The molecule has 0 saturated heterocycles. The molecule has 6 aromatic carbocycles. The highest BCUT2D eigenvalue weighted by atomic mass is 15.0. The Kier molecular flexibility index (Phi) is 5.47. The topological polar surface area (TPSA) is 35.6 Å². The third-order valence-electron chi connectivity index (χ3n) is 8.62. The zero-order chi connectivity index (χ0) is 29.0. The second-order valence-corrected chi connectivity index (χ2v) is 11.1. The van der Waals surface area contributed by atoms with E-state index in [1.807, 2.05) is 12.4 Å². The van der Waals surface area contributed by atoms with Crippen LogP contribution in [0.3, 0.4) is 0 Å². The van der Waals surface area contributed by atoms with Gasteiger partial charge in [0.2, 0.25) is 0 Å². The van der Waals surface area contributed by atoms with Gasteiger partial charge in [-0.15, -0.1) is 0 Å². The van der Waals surface area contributed by atoms with Gasteiger partial charge in [0.25, 0.3) is 0 Å². The Balaban J connectivity index is 1.13. The quantitative estimate of drug-likeness (QED) is 0.214. The van der Waals surface area contributed by atoms with Crippen molar-refractivity contribution in [3.8, 4) is 33.9 Å². The fourth-order valence-corrected chi connectivity index (χ4v) is 6.60. The monoisotopic (exact) mass is 562 g/mol. The lowest BCUT2D eigenvalue weighted by Gasteiger charge is -2.08. The SMILES string of the molecule is c1ccc(-n2c3ccccc3c3cc(-c4cnc(-c5ccc6c(c5)c5ccccc5n6-c5ccccc5)nc4)ccc32)cc1. The van der Waals surface area contributed by atoms with Crippen molar-refractivity contribution in [2.45, 2.75) is 0 Å². The molecule has 0 bridgehead atoms. The van der Waals surface area contributed by atoms with Crippen LogP contribution in [-0.4, -0.2) is 19.1 Å².